The van der Waals surface area contributed by atoms with Gasteiger partial charge in [0, 0.05) is 23.7 Å². The first-order valence-electron chi connectivity index (χ1n) is 5.58. The van der Waals surface area contributed by atoms with Crippen LogP contribution >= 0.6 is 0 Å². The average Bonchev–Trinajstić information content (AvgIpc) is 3.05. The van der Waals surface area contributed by atoms with Crippen molar-refractivity contribution < 1.29 is 9.85 Å². The van der Waals surface area contributed by atoms with E-state index in [9.17, 15) is 20.2 Å². The molecule has 0 radical (unpaired) electrons. The lowest BCUT2D eigenvalue weighted by Crippen LogP contribution is -2.27. The number of hydrogen-bond acceptors (Lipinski definition) is 5. The molecular formula is C11H13N3O4. The van der Waals surface area contributed by atoms with Crippen LogP contribution in [0.2, 0.25) is 0 Å². The highest BCUT2D eigenvalue weighted by atomic mass is 16.6. The van der Waals surface area contributed by atoms with Gasteiger partial charge in [0.15, 0.2) is 0 Å². The van der Waals surface area contributed by atoms with E-state index in [1.807, 2.05) is 6.92 Å². The minimum atomic E-state index is -0.633. The maximum Gasteiger partial charge on any atom is 0.280 e. The van der Waals surface area contributed by atoms with Crippen LogP contribution in [0.25, 0.3) is 0 Å². The van der Waals surface area contributed by atoms with E-state index >= 15 is 0 Å². The number of nitrogens with one attached hydrogen (secondary N) is 1. The summed E-state index contributed by atoms with van der Waals surface area (Å²) in [4.78, 5) is 20.3. The molecule has 1 aromatic carbocycles. The summed E-state index contributed by atoms with van der Waals surface area (Å²) in [6, 6.07) is 3.74. The number of rotatable bonds is 5. The van der Waals surface area contributed by atoms with Crippen molar-refractivity contribution in [1.29, 1.82) is 0 Å². The van der Waals surface area contributed by atoms with Gasteiger partial charge in [0.1, 0.15) is 0 Å². The highest BCUT2D eigenvalue weighted by Crippen LogP contribution is 2.35. The monoisotopic (exact) mass is 251 g/mol. The highest BCUT2D eigenvalue weighted by Gasteiger charge is 2.36. The quantitative estimate of drug-likeness (QED) is 0.638. The zero-order valence-electron chi connectivity index (χ0n) is 9.88. The second-order valence-corrected chi connectivity index (χ2v) is 4.74. The van der Waals surface area contributed by atoms with E-state index in [2.05, 4.69) is 5.32 Å². The molecule has 0 amide bonds. The van der Waals surface area contributed by atoms with Crippen LogP contribution in [0.15, 0.2) is 18.2 Å². The molecule has 0 saturated heterocycles. The first-order chi connectivity index (χ1) is 8.41. The molecule has 7 nitrogen and oxygen atoms in total. The van der Waals surface area contributed by atoms with Gasteiger partial charge in [-0.25, -0.2) is 0 Å². The number of benzene rings is 1. The van der Waals surface area contributed by atoms with Gasteiger partial charge in [0.05, 0.1) is 15.9 Å². The number of non-ortho nitro benzene ring substituents is 1. The Labute approximate surface area is 103 Å². The van der Waals surface area contributed by atoms with Crippen LogP contribution in [-0.4, -0.2) is 15.4 Å². The first kappa shape index (κ1) is 12.4. The normalized spacial score (nSPS) is 16.3. The van der Waals surface area contributed by atoms with Crippen molar-refractivity contribution in [2.75, 3.05) is 0 Å². The maximum atomic E-state index is 10.9. The summed E-state index contributed by atoms with van der Waals surface area (Å²) >= 11 is 0. The summed E-state index contributed by atoms with van der Waals surface area (Å²) in [6.07, 6.45) is 2.10. The molecule has 1 aromatic rings. The number of nitro groups is 2. The Morgan fingerprint density at radius 3 is 2.44 bits per heavy atom. The molecule has 1 fully saturated rings. The van der Waals surface area contributed by atoms with Gasteiger partial charge >= 0.3 is 0 Å². The molecule has 1 saturated carbocycles. The molecule has 0 aromatic heterocycles. The van der Waals surface area contributed by atoms with Crippen molar-refractivity contribution in [2.24, 2.45) is 0 Å². The lowest BCUT2D eigenvalue weighted by atomic mass is 10.1. The van der Waals surface area contributed by atoms with Crippen molar-refractivity contribution in [1.82, 2.24) is 5.32 Å². The van der Waals surface area contributed by atoms with Gasteiger partial charge < -0.3 is 5.32 Å². The molecule has 0 bridgehead atoms. The summed E-state index contributed by atoms with van der Waals surface area (Å²) in [5, 5.41) is 24.7. The standard InChI is InChI=1S/C11H13N3O4/c1-11(4-5-11)12-7-8-2-3-9(13(15)16)6-10(8)14(17)18/h2-3,6,12H,4-5,7H2,1H3. The van der Waals surface area contributed by atoms with E-state index in [1.54, 1.807) is 0 Å². The van der Waals surface area contributed by atoms with Gasteiger partial charge in [-0.3, -0.25) is 20.2 Å². The van der Waals surface area contributed by atoms with Gasteiger partial charge in [-0.05, 0) is 25.8 Å². The second kappa shape index (κ2) is 4.34. The van der Waals surface area contributed by atoms with Gasteiger partial charge in [-0.2, -0.15) is 0 Å². The van der Waals surface area contributed by atoms with E-state index < -0.39 is 9.85 Å². The summed E-state index contributed by atoms with van der Waals surface area (Å²) in [5.41, 5.74) is 0.0677. The SMILES string of the molecule is CC1(NCc2ccc([N+](=O)[O-])cc2[N+](=O)[O-])CC1. The topological polar surface area (TPSA) is 98.3 Å². The Hall–Kier alpha value is -2.02. The molecule has 96 valence electrons. The first-order valence-corrected chi connectivity index (χ1v) is 5.58. The summed E-state index contributed by atoms with van der Waals surface area (Å²) in [6.45, 7) is 2.40. The minimum Gasteiger partial charge on any atom is -0.307 e. The molecule has 2 rings (SSSR count). The van der Waals surface area contributed by atoms with Crippen LogP contribution in [0, 0.1) is 20.2 Å². The average molecular weight is 251 g/mol. The Kier molecular flexibility index (Phi) is 3.00. The number of nitro benzene ring substituents is 2. The van der Waals surface area contributed by atoms with Crippen LogP contribution in [0.5, 0.6) is 0 Å². The van der Waals surface area contributed by atoms with Crippen molar-refractivity contribution in [2.45, 2.75) is 31.8 Å². The maximum absolute atomic E-state index is 10.9. The Balaban J connectivity index is 2.22. The van der Waals surface area contributed by atoms with Crippen LogP contribution in [0.1, 0.15) is 25.3 Å². The Morgan fingerprint density at radius 1 is 1.28 bits per heavy atom. The summed E-state index contributed by atoms with van der Waals surface area (Å²) in [5.74, 6) is 0. The molecule has 0 atom stereocenters. The predicted molar refractivity (Wildman–Crippen MR) is 64.2 cm³/mol. The van der Waals surface area contributed by atoms with E-state index in [0.717, 1.165) is 18.9 Å². The van der Waals surface area contributed by atoms with Crippen LogP contribution in [-0.2, 0) is 6.54 Å². The number of hydrogen-bond donors (Lipinski definition) is 1. The molecule has 7 heteroatoms. The molecule has 0 aliphatic heterocycles. The third-order valence-corrected chi connectivity index (χ3v) is 3.18. The fraction of sp³-hybridized carbons (Fsp3) is 0.455. The van der Waals surface area contributed by atoms with E-state index in [0.29, 0.717) is 12.1 Å². The summed E-state index contributed by atoms with van der Waals surface area (Å²) in [7, 11) is 0. The van der Waals surface area contributed by atoms with Crippen LogP contribution in [0.4, 0.5) is 11.4 Å². The zero-order valence-corrected chi connectivity index (χ0v) is 9.88. The fourth-order valence-corrected chi connectivity index (χ4v) is 1.66. The predicted octanol–water partition coefficient (Wildman–Crippen LogP) is 2.15. The fourth-order valence-electron chi connectivity index (χ4n) is 1.66. The molecule has 1 N–H and O–H groups in total. The largest absolute Gasteiger partial charge is 0.307 e. The highest BCUT2D eigenvalue weighted by molar-refractivity contribution is 5.49. The molecular weight excluding hydrogens is 238 g/mol. The van der Waals surface area contributed by atoms with E-state index in [-0.39, 0.29) is 16.9 Å². The van der Waals surface area contributed by atoms with E-state index in [1.165, 1.54) is 12.1 Å². The van der Waals surface area contributed by atoms with Crippen molar-refractivity contribution >= 4 is 11.4 Å². The van der Waals surface area contributed by atoms with Gasteiger partial charge in [0.2, 0.25) is 0 Å². The van der Waals surface area contributed by atoms with Gasteiger partial charge in [-0.1, -0.05) is 0 Å². The van der Waals surface area contributed by atoms with Crippen molar-refractivity contribution in [3.8, 4) is 0 Å². The van der Waals surface area contributed by atoms with E-state index in [4.69, 9.17) is 0 Å². The lowest BCUT2D eigenvalue weighted by Gasteiger charge is -2.11. The number of nitrogens with zero attached hydrogens (tertiary/aromatic N) is 2. The Bertz CT molecular complexity index is 511. The third-order valence-electron chi connectivity index (χ3n) is 3.18. The lowest BCUT2D eigenvalue weighted by molar-refractivity contribution is -0.394. The van der Waals surface area contributed by atoms with Gasteiger partial charge in [0.25, 0.3) is 11.4 Å². The molecule has 18 heavy (non-hydrogen) atoms. The van der Waals surface area contributed by atoms with Crippen molar-refractivity contribution in [3.05, 3.63) is 44.0 Å². The molecule has 0 unspecified atom stereocenters. The second-order valence-electron chi connectivity index (χ2n) is 4.74. The van der Waals surface area contributed by atoms with Crippen molar-refractivity contribution in [3.63, 3.8) is 0 Å². The van der Waals surface area contributed by atoms with Gasteiger partial charge in [-0.15, -0.1) is 0 Å². The molecule has 0 spiro atoms. The summed E-state index contributed by atoms with van der Waals surface area (Å²) < 4.78 is 0. The molecule has 1 aliphatic carbocycles. The Morgan fingerprint density at radius 2 is 1.94 bits per heavy atom. The molecule has 0 heterocycles. The third kappa shape index (κ3) is 2.62. The van der Waals surface area contributed by atoms with Crippen LogP contribution in [0.3, 0.4) is 0 Å². The minimum absolute atomic E-state index is 0.0651. The molecule has 1 aliphatic rings. The van der Waals surface area contributed by atoms with Crippen LogP contribution < -0.4 is 5.32 Å². The zero-order chi connectivity index (χ0) is 13.3. The smallest absolute Gasteiger partial charge is 0.280 e.